The predicted octanol–water partition coefficient (Wildman–Crippen LogP) is 5.53. The number of hydrogen-bond donors (Lipinski definition) is 1. The number of aromatic nitrogens is 2. The van der Waals surface area contributed by atoms with E-state index >= 15 is 0 Å². The van der Waals surface area contributed by atoms with E-state index in [1.165, 1.54) is 0 Å². The molecule has 4 rings (SSSR count). The summed E-state index contributed by atoms with van der Waals surface area (Å²) in [7, 11) is -3.94. The molecule has 0 saturated carbocycles. The summed E-state index contributed by atoms with van der Waals surface area (Å²) < 4.78 is 35.7. The topological polar surface area (TPSA) is 94.2 Å². The van der Waals surface area contributed by atoms with Crippen LogP contribution in [0.3, 0.4) is 0 Å². The van der Waals surface area contributed by atoms with Crippen LogP contribution in [0.1, 0.15) is 28.9 Å². The van der Waals surface area contributed by atoms with Gasteiger partial charge in [-0.3, -0.25) is 9.36 Å². The van der Waals surface area contributed by atoms with Crippen molar-refractivity contribution in [2.24, 2.45) is 0 Å². The van der Waals surface area contributed by atoms with E-state index in [0.29, 0.717) is 23.1 Å². The molecule has 0 atom stereocenters. The molecule has 9 heteroatoms. The number of fused-ring (bicyclic) bond motifs is 1. The molecule has 7 nitrogen and oxygen atoms in total. The van der Waals surface area contributed by atoms with Crippen molar-refractivity contribution in [1.82, 2.24) is 9.72 Å². The largest absolute Gasteiger partial charge is 0.337 e. The number of carbonyl (C=O) groups excluding carboxylic acids is 1. The molecule has 2 aromatic heterocycles. The number of hydrogen-bond acceptors (Lipinski definition) is 5. The van der Waals surface area contributed by atoms with Crippen LogP contribution >= 0.6 is 15.9 Å². The highest BCUT2D eigenvalue weighted by molar-refractivity contribution is 9.09. The van der Waals surface area contributed by atoms with E-state index in [-0.39, 0.29) is 16.7 Å². The second kappa shape index (κ2) is 8.91. The lowest BCUT2D eigenvalue weighted by molar-refractivity contribution is 0.0904. The minimum Gasteiger partial charge on any atom is -0.337 e. The summed E-state index contributed by atoms with van der Waals surface area (Å²) in [6.07, 6.45) is 2.89. The second-order valence-corrected chi connectivity index (χ2v) is 9.88. The monoisotopic (exact) mass is 515 g/mol. The minimum atomic E-state index is -3.94. The summed E-state index contributed by atoms with van der Waals surface area (Å²) >= 11 is 3.36. The second-order valence-electron chi connectivity index (χ2n) is 7.43. The third-order valence-electron chi connectivity index (χ3n) is 5.37. The first-order chi connectivity index (χ1) is 15.3. The fraction of sp³-hybridized carbons (Fsp3) is 0.217. The summed E-state index contributed by atoms with van der Waals surface area (Å²) in [5, 5.41) is 5.84. The Morgan fingerprint density at radius 3 is 2.56 bits per heavy atom. The van der Waals surface area contributed by atoms with Crippen LogP contribution in [0.2, 0.25) is 0 Å². The molecule has 0 radical (unpaired) electrons. The van der Waals surface area contributed by atoms with E-state index in [1.807, 2.05) is 24.3 Å². The SMILES string of the molecule is Cc1noc(NS(=O)(=O)c2cccc3c(-c4cccn4C(=O)CCCBr)cccc23)c1C. The molecule has 1 N–H and O–H groups in total. The van der Waals surface area contributed by atoms with Crippen LogP contribution in [0.25, 0.3) is 22.0 Å². The molecule has 32 heavy (non-hydrogen) atoms. The van der Waals surface area contributed by atoms with Crippen LogP contribution in [-0.2, 0) is 10.0 Å². The molecule has 166 valence electrons. The summed E-state index contributed by atoms with van der Waals surface area (Å²) in [5.74, 6) is 0.0879. The Balaban J connectivity index is 1.81. The Bertz CT molecular complexity index is 1410. The number of rotatable bonds is 7. The molecule has 2 aromatic carbocycles. The maximum absolute atomic E-state index is 13.2. The Labute approximate surface area is 194 Å². The van der Waals surface area contributed by atoms with Gasteiger partial charge in [0.1, 0.15) is 0 Å². The lowest BCUT2D eigenvalue weighted by Gasteiger charge is -2.13. The van der Waals surface area contributed by atoms with Crippen molar-refractivity contribution < 1.29 is 17.7 Å². The van der Waals surface area contributed by atoms with Gasteiger partial charge in [-0.1, -0.05) is 51.4 Å². The van der Waals surface area contributed by atoms with E-state index in [9.17, 15) is 13.2 Å². The average Bonchev–Trinajstić information content (AvgIpc) is 3.39. The quantitative estimate of drug-likeness (QED) is 0.326. The third-order valence-corrected chi connectivity index (χ3v) is 7.32. The van der Waals surface area contributed by atoms with Crippen molar-refractivity contribution >= 4 is 48.5 Å². The molecule has 0 aliphatic heterocycles. The Morgan fingerprint density at radius 2 is 1.84 bits per heavy atom. The van der Waals surface area contributed by atoms with Gasteiger partial charge in [-0.15, -0.1) is 0 Å². The van der Waals surface area contributed by atoms with E-state index < -0.39 is 10.0 Å². The van der Waals surface area contributed by atoms with Crippen LogP contribution in [0.15, 0.2) is 64.1 Å². The van der Waals surface area contributed by atoms with Gasteiger partial charge in [0.25, 0.3) is 10.0 Å². The van der Waals surface area contributed by atoms with Crippen LogP contribution in [0, 0.1) is 13.8 Å². The van der Waals surface area contributed by atoms with Gasteiger partial charge in [-0.25, -0.2) is 13.1 Å². The summed E-state index contributed by atoms with van der Waals surface area (Å²) in [6, 6.07) is 14.2. The third kappa shape index (κ3) is 4.10. The van der Waals surface area contributed by atoms with Crippen LogP contribution in [0.4, 0.5) is 5.88 Å². The number of aryl methyl sites for hydroxylation is 1. The lowest BCUT2D eigenvalue weighted by atomic mass is 10.0. The molecule has 0 aliphatic carbocycles. The molecule has 0 aliphatic rings. The maximum atomic E-state index is 13.2. The number of sulfonamides is 1. The van der Waals surface area contributed by atoms with E-state index in [4.69, 9.17) is 4.52 Å². The lowest BCUT2D eigenvalue weighted by Crippen LogP contribution is -2.14. The molecule has 0 spiro atoms. The number of anilines is 1. The minimum absolute atomic E-state index is 0.0111. The van der Waals surface area contributed by atoms with Crippen LogP contribution in [0.5, 0.6) is 0 Å². The smallest absolute Gasteiger partial charge is 0.264 e. The molecular formula is C23H22BrN3O4S. The highest BCUT2D eigenvalue weighted by Gasteiger charge is 2.22. The van der Waals surface area contributed by atoms with Crippen molar-refractivity contribution in [3.8, 4) is 11.3 Å². The predicted molar refractivity (Wildman–Crippen MR) is 128 cm³/mol. The molecule has 0 saturated heterocycles. The number of nitrogens with zero attached hydrogens (tertiary/aromatic N) is 2. The number of nitrogens with one attached hydrogen (secondary N) is 1. The van der Waals surface area contributed by atoms with Gasteiger partial charge in [-0.05, 0) is 43.9 Å². The Morgan fingerprint density at radius 1 is 1.09 bits per heavy atom. The van der Waals surface area contributed by atoms with E-state index in [0.717, 1.165) is 28.4 Å². The molecule has 4 aromatic rings. The molecule has 2 heterocycles. The van der Waals surface area contributed by atoms with Gasteiger partial charge < -0.3 is 4.52 Å². The standard InChI is InChI=1S/C23H22BrN3O4S/c1-15-16(2)25-31-23(15)26-32(29,30)21-11-4-7-17-18(8-3-9-19(17)21)20-10-6-14-27(20)22(28)12-5-13-24/h3-4,6-11,14,26H,5,12-13H2,1-2H3. The first kappa shape index (κ1) is 22.3. The van der Waals surface area contributed by atoms with Crippen LogP contribution in [-0.4, -0.2) is 29.4 Å². The zero-order valence-corrected chi connectivity index (χ0v) is 20.0. The normalized spacial score (nSPS) is 11.7. The summed E-state index contributed by atoms with van der Waals surface area (Å²) in [4.78, 5) is 12.8. The zero-order chi connectivity index (χ0) is 22.9. The molecule has 0 fully saturated rings. The molecular weight excluding hydrogens is 494 g/mol. The molecule has 0 bridgehead atoms. The molecule has 0 unspecified atom stereocenters. The highest BCUT2D eigenvalue weighted by atomic mass is 79.9. The first-order valence-corrected chi connectivity index (χ1v) is 12.7. The van der Waals surface area contributed by atoms with Gasteiger partial charge in [-0.2, -0.15) is 0 Å². The van der Waals surface area contributed by atoms with E-state index in [2.05, 4.69) is 25.8 Å². The number of alkyl halides is 1. The zero-order valence-electron chi connectivity index (χ0n) is 17.6. The fourth-order valence-corrected chi connectivity index (χ4v) is 5.13. The maximum Gasteiger partial charge on any atom is 0.264 e. The highest BCUT2D eigenvalue weighted by Crippen LogP contribution is 2.33. The number of carbonyl (C=O) groups is 1. The summed E-state index contributed by atoms with van der Waals surface area (Å²) in [5.41, 5.74) is 2.75. The van der Waals surface area contributed by atoms with Crippen LogP contribution < -0.4 is 4.72 Å². The Hall–Kier alpha value is -2.91. The van der Waals surface area contributed by atoms with Crippen molar-refractivity contribution in [2.75, 3.05) is 10.1 Å². The molecule has 0 amide bonds. The van der Waals surface area contributed by atoms with Gasteiger partial charge >= 0.3 is 0 Å². The van der Waals surface area contributed by atoms with Gasteiger partial charge in [0.15, 0.2) is 0 Å². The van der Waals surface area contributed by atoms with Crippen molar-refractivity contribution in [3.63, 3.8) is 0 Å². The van der Waals surface area contributed by atoms with E-state index in [1.54, 1.807) is 48.9 Å². The fourth-order valence-electron chi connectivity index (χ4n) is 3.58. The van der Waals surface area contributed by atoms with Crippen molar-refractivity contribution in [2.45, 2.75) is 31.6 Å². The van der Waals surface area contributed by atoms with Crippen molar-refractivity contribution in [3.05, 3.63) is 66.0 Å². The number of halogens is 1. The van der Waals surface area contributed by atoms with Gasteiger partial charge in [0.05, 0.1) is 16.3 Å². The van der Waals surface area contributed by atoms with Gasteiger partial charge in [0.2, 0.25) is 11.8 Å². The summed E-state index contributed by atoms with van der Waals surface area (Å²) in [6.45, 7) is 3.49. The first-order valence-electron chi connectivity index (χ1n) is 10.1. The van der Waals surface area contributed by atoms with Crippen molar-refractivity contribution in [1.29, 1.82) is 0 Å². The Kier molecular flexibility index (Phi) is 6.21. The number of benzene rings is 2. The average molecular weight is 516 g/mol. The van der Waals surface area contributed by atoms with Gasteiger partial charge in [0, 0.05) is 34.5 Å².